The molecular weight excluding hydrogens is 396 g/mol. The lowest BCUT2D eigenvalue weighted by atomic mass is 9.74. The first-order valence-electron chi connectivity index (χ1n) is 10.4. The van der Waals surface area contributed by atoms with Gasteiger partial charge in [0.25, 0.3) is 5.91 Å². The average molecular weight is 422 g/mol. The zero-order valence-electron chi connectivity index (χ0n) is 17.7. The van der Waals surface area contributed by atoms with E-state index in [4.69, 9.17) is 30.7 Å². The SMILES string of the molecule is COc1cc(N)cc(-c2ccc3c(c2)C2(CC4(CCCOC4)O3)N=C(N)N(C)C2=O)c1. The van der Waals surface area contributed by atoms with Gasteiger partial charge in [-0.3, -0.25) is 9.69 Å². The van der Waals surface area contributed by atoms with Gasteiger partial charge in [-0.05, 0) is 48.2 Å². The molecule has 5 rings (SSSR count). The van der Waals surface area contributed by atoms with Gasteiger partial charge in [-0.15, -0.1) is 0 Å². The molecule has 1 amide bonds. The Balaban J connectivity index is 1.68. The maximum Gasteiger partial charge on any atom is 0.261 e. The predicted octanol–water partition coefficient (Wildman–Crippen LogP) is 2.26. The number of carbonyl (C=O) groups excluding carboxylic acids is 1. The van der Waals surface area contributed by atoms with Crippen LogP contribution in [0.1, 0.15) is 24.8 Å². The van der Waals surface area contributed by atoms with Crippen molar-refractivity contribution in [2.45, 2.75) is 30.4 Å². The molecule has 8 heteroatoms. The standard InChI is InChI=1S/C23H26N4O4/c1-27-20(28)23(26-21(27)25)12-22(6-3-7-30-13-22)31-19-5-4-14(10-18(19)23)15-8-16(24)11-17(9-15)29-2/h4-5,8-11H,3,6-7,12-13,24H2,1-2H3,(H2,25,26). The first-order chi connectivity index (χ1) is 14.9. The molecule has 1 saturated heterocycles. The minimum absolute atomic E-state index is 0.151. The van der Waals surface area contributed by atoms with Crippen LogP contribution in [-0.4, -0.2) is 49.7 Å². The topological polar surface area (TPSA) is 112 Å². The minimum Gasteiger partial charge on any atom is -0.497 e. The number of likely N-dealkylation sites (N-methyl/N-ethyl adjacent to an activating group) is 1. The van der Waals surface area contributed by atoms with E-state index in [9.17, 15) is 4.79 Å². The van der Waals surface area contributed by atoms with Crippen molar-refractivity contribution in [3.05, 3.63) is 42.0 Å². The molecule has 2 aromatic carbocycles. The van der Waals surface area contributed by atoms with Crippen molar-refractivity contribution in [1.29, 1.82) is 0 Å². The van der Waals surface area contributed by atoms with Gasteiger partial charge in [-0.25, -0.2) is 4.99 Å². The van der Waals surface area contributed by atoms with E-state index in [1.807, 2.05) is 30.3 Å². The molecular formula is C23H26N4O4. The molecule has 3 aliphatic rings. The summed E-state index contributed by atoms with van der Waals surface area (Å²) < 4.78 is 17.6. The normalized spacial score (nSPS) is 27.2. The number of ether oxygens (including phenoxy) is 3. The fourth-order valence-electron chi connectivity index (χ4n) is 4.90. The van der Waals surface area contributed by atoms with Gasteiger partial charge in [-0.1, -0.05) is 6.07 Å². The van der Waals surface area contributed by atoms with Crippen LogP contribution in [0.15, 0.2) is 41.4 Å². The smallest absolute Gasteiger partial charge is 0.261 e. The van der Waals surface area contributed by atoms with Crippen LogP contribution < -0.4 is 20.9 Å². The molecule has 3 heterocycles. The van der Waals surface area contributed by atoms with Crippen LogP contribution in [0.5, 0.6) is 11.5 Å². The monoisotopic (exact) mass is 422 g/mol. The van der Waals surface area contributed by atoms with Crippen LogP contribution in [-0.2, 0) is 15.1 Å². The number of carbonyl (C=O) groups is 1. The molecule has 0 radical (unpaired) electrons. The van der Waals surface area contributed by atoms with Crippen molar-refractivity contribution in [3.8, 4) is 22.6 Å². The Morgan fingerprint density at radius 3 is 2.68 bits per heavy atom. The summed E-state index contributed by atoms with van der Waals surface area (Å²) in [5.41, 5.74) is 13.5. The summed E-state index contributed by atoms with van der Waals surface area (Å²) in [6, 6.07) is 11.4. The third kappa shape index (κ3) is 3.01. The molecule has 2 unspecified atom stereocenters. The van der Waals surface area contributed by atoms with E-state index in [-0.39, 0.29) is 11.9 Å². The summed E-state index contributed by atoms with van der Waals surface area (Å²) in [6.45, 7) is 1.12. The molecule has 31 heavy (non-hydrogen) atoms. The molecule has 162 valence electrons. The summed E-state index contributed by atoms with van der Waals surface area (Å²) in [7, 11) is 3.26. The maximum atomic E-state index is 13.5. The summed E-state index contributed by atoms with van der Waals surface area (Å²) in [4.78, 5) is 19.6. The van der Waals surface area contributed by atoms with Crippen molar-refractivity contribution in [2.75, 3.05) is 33.1 Å². The zero-order chi connectivity index (χ0) is 21.8. The quantitative estimate of drug-likeness (QED) is 0.718. The van der Waals surface area contributed by atoms with Gasteiger partial charge in [-0.2, -0.15) is 0 Å². The lowest BCUT2D eigenvalue weighted by molar-refractivity contribution is -0.139. The second-order valence-corrected chi connectivity index (χ2v) is 8.52. The van der Waals surface area contributed by atoms with E-state index in [1.165, 1.54) is 4.90 Å². The Morgan fingerprint density at radius 2 is 2.00 bits per heavy atom. The zero-order valence-corrected chi connectivity index (χ0v) is 17.7. The lowest BCUT2D eigenvalue weighted by Gasteiger charge is -2.46. The van der Waals surface area contributed by atoms with Crippen molar-refractivity contribution < 1.29 is 19.0 Å². The number of methoxy groups -OCH3 is 1. The number of amides is 1. The van der Waals surface area contributed by atoms with E-state index in [0.29, 0.717) is 42.4 Å². The van der Waals surface area contributed by atoms with Crippen molar-refractivity contribution >= 4 is 17.6 Å². The van der Waals surface area contributed by atoms with Gasteiger partial charge in [0.15, 0.2) is 11.5 Å². The molecule has 4 N–H and O–H groups in total. The summed E-state index contributed by atoms with van der Waals surface area (Å²) in [5, 5.41) is 0. The Hall–Kier alpha value is -3.26. The maximum absolute atomic E-state index is 13.5. The second-order valence-electron chi connectivity index (χ2n) is 8.52. The Labute approximate surface area is 180 Å². The van der Waals surface area contributed by atoms with Gasteiger partial charge < -0.3 is 25.7 Å². The molecule has 8 nitrogen and oxygen atoms in total. The molecule has 3 aliphatic heterocycles. The van der Waals surface area contributed by atoms with Crippen LogP contribution in [0.3, 0.4) is 0 Å². The third-order valence-electron chi connectivity index (χ3n) is 6.42. The van der Waals surface area contributed by atoms with Crippen molar-refractivity contribution in [3.63, 3.8) is 0 Å². The molecule has 0 aromatic heterocycles. The van der Waals surface area contributed by atoms with E-state index in [2.05, 4.69) is 0 Å². The number of hydrogen-bond acceptors (Lipinski definition) is 7. The second kappa shape index (κ2) is 6.88. The number of benzene rings is 2. The number of rotatable bonds is 2. The fourth-order valence-corrected chi connectivity index (χ4v) is 4.90. The van der Waals surface area contributed by atoms with Crippen LogP contribution in [0.2, 0.25) is 0 Å². The number of guanidine groups is 1. The first kappa shape index (κ1) is 19.7. The largest absolute Gasteiger partial charge is 0.497 e. The lowest BCUT2D eigenvalue weighted by Crippen LogP contribution is -2.55. The number of anilines is 1. The highest BCUT2D eigenvalue weighted by molar-refractivity contribution is 6.07. The Bertz CT molecular complexity index is 1090. The van der Waals surface area contributed by atoms with Crippen LogP contribution in [0, 0.1) is 0 Å². The van der Waals surface area contributed by atoms with Gasteiger partial charge in [0.1, 0.15) is 17.1 Å². The van der Waals surface area contributed by atoms with E-state index >= 15 is 0 Å². The van der Waals surface area contributed by atoms with Crippen LogP contribution >= 0.6 is 0 Å². The summed E-state index contributed by atoms with van der Waals surface area (Å²) in [5.74, 6) is 1.36. The van der Waals surface area contributed by atoms with Gasteiger partial charge in [0, 0.05) is 37.4 Å². The van der Waals surface area contributed by atoms with E-state index in [1.54, 1.807) is 20.2 Å². The highest BCUT2D eigenvalue weighted by atomic mass is 16.5. The highest BCUT2D eigenvalue weighted by Crippen LogP contribution is 2.52. The van der Waals surface area contributed by atoms with Crippen LogP contribution in [0.4, 0.5) is 5.69 Å². The van der Waals surface area contributed by atoms with Crippen LogP contribution in [0.25, 0.3) is 11.1 Å². The van der Waals surface area contributed by atoms with Gasteiger partial charge >= 0.3 is 0 Å². The number of nitrogen functional groups attached to an aromatic ring is 1. The average Bonchev–Trinajstić information content (AvgIpc) is 2.97. The molecule has 0 bridgehead atoms. The van der Waals surface area contributed by atoms with Crippen molar-refractivity contribution in [1.82, 2.24) is 4.90 Å². The highest BCUT2D eigenvalue weighted by Gasteiger charge is 2.58. The summed E-state index contributed by atoms with van der Waals surface area (Å²) >= 11 is 0. The number of aliphatic imine (C=N–C) groups is 1. The number of fused-ring (bicyclic) bond motifs is 2. The Morgan fingerprint density at radius 1 is 1.16 bits per heavy atom. The molecule has 1 fully saturated rings. The molecule has 2 spiro atoms. The van der Waals surface area contributed by atoms with Gasteiger partial charge in [0.05, 0.1) is 13.7 Å². The molecule has 2 aromatic rings. The predicted molar refractivity (Wildman–Crippen MR) is 117 cm³/mol. The number of nitrogens with zero attached hydrogens (tertiary/aromatic N) is 2. The summed E-state index contributed by atoms with van der Waals surface area (Å²) in [6.07, 6.45) is 2.06. The number of nitrogens with two attached hydrogens (primary N) is 2. The number of hydrogen-bond donors (Lipinski definition) is 2. The van der Waals surface area contributed by atoms with E-state index in [0.717, 1.165) is 24.0 Å². The first-order valence-corrected chi connectivity index (χ1v) is 10.4. The minimum atomic E-state index is -1.13. The van der Waals surface area contributed by atoms with Crippen molar-refractivity contribution in [2.24, 2.45) is 10.7 Å². The van der Waals surface area contributed by atoms with Gasteiger partial charge in [0.2, 0.25) is 0 Å². The molecule has 2 atom stereocenters. The third-order valence-corrected chi connectivity index (χ3v) is 6.42. The molecule has 0 aliphatic carbocycles. The van der Waals surface area contributed by atoms with E-state index < -0.39 is 11.1 Å². The fraction of sp³-hybridized carbons (Fsp3) is 0.391. The Kier molecular flexibility index (Phi) is 4.37. The molecule has 0 saturated carbocycles.